The van der Waals surface area contributed by atoms with Gasteiger partial charge >= 0.3 is 5.97 Å². The Morgan fingerprint density at radius 1 is 1.59 bits per heavy atom. The van der Waals surface area contributed by atoms with Crippen molar-refractivity contribution in [2.75, 3.05) is 6.61 Å². The molecule has 1 aliphatic rings. The molecule has 0 N–H and O–H groups in total. The first kappa shape index (κ1) is 13.9. The van der Waals surface area contributed by atoms with Crippen LogP contribution in [0.5, 0.6) is 0 Å². The molecule has 1 fully saturated rings. The number of ether oxygens (including phenoxy) is 3. The van der Waals surface area contributed by atoms with E-state index in [9.17, 15) is 14.9 Å². The Balaban J connectivity index is 2.73. The lowest BCUT2D eigenvalue weighted by Crippen LogP contribution is -2.51. The quantitative estimate of drug-likeness (QED) is 0.413. The van der Waals surface area contributed by atoms with Gasteiger partial charge in [-0.05, 0) is 13.8 Å². The Bertz CT molecular complexity index is 295. The molecule has 7 heteroatoms. The molecule has 0 radical (unpaired) electrons. The number of nitrogens with zero attached hydrogens (tertiary/aromatic N) is 1. The van der Waals surface area contributed by atoms with Crippen LogP contribution in [0.2, 0.25) is 0 Å². The average Bonchev–Trinajstić information content (AvgIpc) is 2.21. The van der Waals surface area contributed by atoms with E-state index in [1.54, 1.807) is 13.8 Å². The second-order valence-electron chi connectivity index (χ2n) is 3.90. The van der Waals surface area contributed by atoms with Gasteiger partial charge < -0.3 is 14.2 Å². The van der Waals surface area contributed by atoms with Crippen LogP contribution in [0.1, 0.15) is 27.2 Å². The number of hydrogen-bond acceptors (Lipinski definition) is 6. The first-order valence-electron chi connectivity index (χ1n) is 5.53. The van der Waals surface area contributed by atoms with Crippen molar-refractivity contribution >= 4 is 5.97 Å². The molecule has 1 heterocycles. The summed E-state index contributed by atoms with van der Waals surface area (Å²) in [5.41, 5.74) is 0. The Morgan fingerprint density at radius 3 is 2.71 bits per heavy atom. The van der Waals surface area contributed by atoms with Crippen molar-refractivity contribution in [1.29, 1.82) is 0 Å². The van der Waals surface area contributed by atoms with Crippen LogP contribution >= 0.6 is 0 Å². The van der Waals surface area contributed by atoms with Crippen LogP contribution in [0.25, 0.3) is 0 Å². The second-order valence-corrected chi connectivity index (χ2v) is 3.90. The Labute approximate surface area is 99.2 Å². The molecule has 1 saturated heterocycles. The topological polar surface area (TPSA) is 87.9 Å². The fourth-order valence-electron chi connectivity index (χ4n) is 1.82. The number of hydrogen-bond donors (Lipinski definition) is 0. The molecule has 4 atom stereocenters. The normalized spacial score (nSPS) is 33.1. The fourth-order valence-corrected chi connectivity index (χ4v) is 1.82. The molecule has 0 aromatic rings. The monoisotopic (exact) mass is 247 g/mol. The van der Waals surface area contributed by atoms with Crippen LogP contribution in [0.4, 0.5) is 0 Å². The minimum absolute atomic E-state index is 0.110. The maximum Gasteiger partial charge on any atom is 0.303 e. The maximum atomic E-state index is 10.9. The van der Waals surface area contributed by atoms with Gasteiger partial charge in [0.25, 0.3) is 0 Å². The van der Waals surface area contributed by atoms with Crippen LogP contribution in [-0.2, 0) is 19.0 Å². The van der Waals surface area contributed by atoms with E-state index in [2.05, 4.69) is 0 Å². The molecule has 0 saturated carbocycles. The zero-order valence-corrected chi connectivity index (χ0v) is 10.1. The van der Waals surface area contributed by atoms with Crippen LogP contribution in [0.3, 0.4) is 0 Å². The lowest BCUT2D eigenvalue weighted by atomic mass is 10.0. The van der Waals surface area contributed by atoms with Crippen molar-refractivity contribution in [1.82, 2.24) is 0 Å². The van der Waals surface area contributed by atoms with Gasteiger partial charge in [-0.25, -0.2) is 0 Å². The molecule has 0 spiro atoms. The largest absolute Gasteiger partial charge is 0.457 e. The van der Waals surface area contributed by atoms with Gasteiger partial charge in [-0.3, -0.25) is 14.9 Å². The summed E-state index contributed by atoms with van der Waals surface area (Å²) in [7, 11) is 0. The third-order valence-corrected chi connectivity index (χ3v) is 2.59. The molecular formula is C10H17NO6. The van der Waals surface area contributed by atoms with Crippen molar-refractivity contribution < 1.29 is 23.9 Å². The Morgan fingerprint density at radius 2 is 2.24 bits per heavy atom. The molecule has 0 aliphatic carbocycles. The van der Waals surface area contributed by atoms with Gasteiger partial charge in [0.15, 0.2) is 12.4 Å². The lowest BCUT2D eigenvalue weighted by Gasteiger charge is -2.35. The van der Waals surface area contributed by atoms with E-state index in [4.69, 9.17) is 14.2 Å². The van der Waals surface area contributed by atoms with Gasteiger partial charge in [0, 0.05) is 18.5 Å². The number of rotatable bonds is 4. The van der Waals surface area contributed by atoms with E-state index in [1.807, 2.05) is 0 Å². The van der Waals surface area contributed by atoms with Gasteiger partial charge in [0.05, 0.1) is 6.42 Å². The summed E-state index contributed by atoms with van der Waals surface area (Å²) in [5.74, 6) is -0.500. The van der Waals surface area contributed by atoms with Crippen molar-refractivity contribution in [3.05, 3.63) is 10.1 Å². The number of carbonyl (C=O) groups excluding carboxylic acids is 1. The zero-order valence-electron chi connectivity index (χ0n) is 10.1. The van der Waals surface area contributed by atoms with Crippen molar-refractivity contribution in [3.63, 3.8) is 0 Å². The molecule has 0 aromatic heterocycles. The SMILES string of the molecule is CCO[C@H]1O[C@@H](C)[C@@H]([N+](=O)[O-])C[C@@H]1OC(C)=O. The highest BCUT2D eigenvalue weighted by Crippen LogP contribution is 2.25. The fraction of sp³-hybridized carbons (Fsp3) is 0.900. The van der Waals surface area contributed by atoms with E-state index in [1.165, 1.54) is 6.92 Å². The van der Waals surface area contributed by atoms with Crippen molar-refractivity contribution in [3.8, 4) is 0 Å². The van der Waals surface area contributed by atoms with Gasteiger partial charge in [-0.1, -0.05) is 0 Å². The molecule has 17 heavy (non-hydrogen) atoms. The molecule has 0 unspecified atom stereocenters. The maximum absolute atomic E-state index is 10.9. The third-order valence-electron chi connectivity index (χ3n) is 2.59. The number of carbonyl (C=O) groups is 1. The number of esters is 1. The number of nitro groups is 1. The average molecular weight is 247 g/mol. The van der Waals surface area contributed by atoms with E-state index < -0.39 is 35.4 Å². The Kier molecular flexibility index (Phi) is 4.83. The summed E-state index contributed by atoms with van der Waals surface area (Å²) in [6, 6.07) is -0.879. The van der Waals surface area contributed by atoms with Crippen molar-refractivity contribution in [2.24, 2.45) is 0 Å². The molecular weight excluding hydrogens is 230 g/mol. The smallest absolute Gasteiger partial charge is 0.303 e. The minimum Gasteiger partial charge on any atom is -0.457 e. The van der Waals surface area contributed by atoms with Crippen LogP contribution in [0, 0.1) is 10.1 Å². The molecule has 1 aliphatic heterocycles. The highest BCUT2D eigenvalue weighted by molar-refractivity contribution is 5.66. The van der Waals surface area contributed by atoms with Gasteiger partial charge in [-0.2, -0.15) is 0 Å². The molecule has 0 aromatic carbocycles. The second kappa shape index (κ2) is 5.92. The standard InChI is InChI=1S/C10H17NO6/c1-4-15-10-9(17-7(3)12)5-8(11(13)14)6(2)16-10/h6,8-10H,4-5H2,1-3H3/t6-,8-,9-,10-/m0/s1. The van der Waals surface area contributed by atoms with Gasteiger partial charge in [-0.15, -0.1) is 0 Å². The Hall–Kier alpha value is -1.21. The highest BCUT2D eigenvalue weighted by atomic mass is 16.7. The first-order valence-corrected chi connectivity index (χ1v) is 5.53. The first-order chi connectivity index (χ1) is 7.95. The van der Waals surface area contributed by atoms with Crippen LogP contribution in [-0.4, -0.2) is 42.0 Å². The summed E-state index contributed by atoms with van der Waals surface area (Å²) in [4.78, 5) is 21.3. The highest BCUT2D eigenvalue weighted by Gasteiger charge is 2.44. The van der Waals surface area contributed by atoms with E-state index in [0.29, 0.717) is 6.61 Å². The summed E-state index contributed by atoms with van der Waals surface area (Å²) in [6.45, 7) is 5.03. The predicted molar refractivity (Wildman–Crippen MR) is 56.9 cm³/mol. The molecule has 7 nitrogen and oxygen atoms in total. The molecule has 0 amide bonds. The summed E-state index contributed by atoms with van der Waals surface area (Å²) < 4.78 is 15.6. The summed E-state index contributed by atoms with van der Waals surface area (Å²) in [5, 5.41) is 10.8. The van der Waals surface area contributed by atoms with E-state index in [-0.39, 0.29) is 6.42 Å². The van der Waals surface area contributed by atoms with Crippen LogP contribution in [0.15, 0.2) is 0 Å². The molecule has 0 bridgehead atoms. The van der Waals surface area contributed by atoms with Crippen LogP contribution < -0.4 is 0 Å². The van der Waals surface area contributed by atoms with Gasteiger partial charge in [0.1, 0.15) is 6.10 Å². The predicted octanol–water partition coefficient (Wildman–Crippen LogP) is 0.735. The lowest BCUT2D eigenvalue weighted by molar-refractivity contribution is -0.548. The van der Waals surface area contributed by atoms with E-state index in [0.717, 1.165) is 0 Å². The molecule has 1 rings (SSSR count). The van der Waals surface area contributed by atoms with Gasteiger partial charge in [0.2, 0.25) is 6.04 Å². The third kappa shape index (κ3) is 3.64. The summed E-state index contributed by atoms with van der Waals surface area (Å²) in [6.07, 6.45) is -1.90. The van der Waals surface area contributed by atoms with Crippen molar-refractivity contribution in [2.45, 2.75) is 51.7 Å². The molecule has 98 valence electrons. The summed E-state index contributed by atoms with van der Waals surface area (Å²) >= 11 is 0. The minimum atomic E-state index is -0.879. The zero-order chi connectivity index (χ0) is 13.0. The van der Waals surface area contributed by atoms with E-state index >= 15 is 0 Å².